The van der Waals surface area contributed by atoms with Crippen molar-refractivity contribution in [2.75, 3.05) is 0 Å². The molecule has 0 unspecified atom stereocenters. The number of rotatable bonds is 10. The third kappa shape index (κ3) is 3.96. The Morgan fingerprint density at radius 3 is 2.50 bits per heavy atom. The molecule has 94 valence electrons. The standard InChI is InChI=1S/C16H30/c1-4-7-9-10-11-15-14-16(15,12-6-3)13-8-5-2/h6,15H,3-5,7-14H2,1-2H3/t15-,16-/m1/s1. The second kappa shape index (κ2) is 7.14. The third-order valence-electron chi connectivity index (χ3n) is 4.34. The van der Waals surface area contributed by atoms with Gasteiger partial charge in [0.1, 0.15) is 0 Å². The molecule has 1 fully saturated rings. The van der Waals surface area contributed by atoms with E-state index in [4.69, 9.17) is 0 Å². The lowest BCUT2D eigenvalue weighted by Gasteiger charge is -2.14. The minimum Gasteiger partial charge on any atom is -0.103 e. The molecule has 1 saturated carbocycles. The highest BCUT2D eigenvalue weighted by molar-refractivity contribution is 5.04. The smallest absolute Gasteiger partial charge is 0.0232 e. The second-order valence-electron chi connectivity index (χ2n) is 5.71. The van der Waals surface area contributed by atoms with Gasteiger partial charge in [0.05, 0.1) is 0 Å². The fourth-order valence-electron chi connectivity index (χ4n) is 3.13. The molecule has 2 atom stereocenters. The zero-order chi connectivity index (χ0) is 11.9. The van der Waals surface area contributed by atoms with Crippen molar-refractivity contribution in [1.82, 2.24) is 0 Å². The number of allylic oxidation sites excluding steroid dienone is 1. The lowest BCUT2D eigenvalue weighted by molar-refractivity contribution is 0.389. The molecule has 0 radical (unpaired) electrons. The van der Waals surface area contributed by atoms with Crippen LogP contribution in [0.4, 0.5) is 0 Å². The van der Waals surface area contributed by atoms with Crippen LogP contribution in [0.25, 0.3) is 0 Å². The predicted molar refractivity (Wildman–Crippen MR) is 73.6 cm³/mol. The summed E-state index contributed by atoms with van der Waals surface area (Å²) in [7, 11) is 0. The Kier molecular flexibility index (Phi) is 6.16. The van der Waals surface area contributed by atoms with Crippen molar-refractivity contribution in [2.45, 2.75) is 78.1 Å². The van der Waals surface area contributed by atoms with Crippen molar-refractivity contribution in [3.8, 4) is 0 Å². The monoisotopic (exact) mass is 222 g/mol. The maximum absolute atomic E-state index is 3.94. The van der Waals surface area contributed by atoms with Crippen LogP contribution in [-0.4, -0.2) is 0 Å². The summed E-state index contributed by atoms with van der Waals surface area (Å²) in [5.41, 5.74) is 0.698. The predicted octanol–water partition coefficient (Wildman–Crippen LogP) is 5.73. The Morgan fingerprint density at radius 2 is 1.88 bits per heavy atom. The normalized spacial score (nSPS) is 28.0. The molecule has 0 N–H and O–H groups in total. The van der Waals surface area contributed by atoms with Crippen molar-refractivity contribution in [3.05, 3.63) is 12.7 Å². The quantitative estimate of drug-likeness (QED) is 0.327. The van der Waals surface area contributed by atoms with E-state index in [1.807, 2.05) is 0 Å². The van der Waals surface area contributed by atoms with Gasteiger partial charge in [-0.15, -0.1) is 6.58 Å². The molecule has 1 aliphatic rings. The number of hydrogen-bond acceptors (Lipinski definition) is 0. The second-order valence-corrected chi connectivity index (χ2v) is 5.71. The van der Waals surface area contributed by atoms with E-state index in [-0.39, 0.29) is 0 Å². The van der Waals surface area contributed by atoms with Gasteiger partial charge in [-0.25, -0.2) is 0 Å². The first-order valence-electron chi connectivity index (χ1n) is 7.40. The maximum atomic E-state index is 3.94. The molecular formula is C16H30. The third-order valence-corrected chi connectivity index (χ3v) is 4.34. The Bertz CT molecular complexity index is 194. The Balaban J connectivity index is 2.20. The molecule has 0 amide bonds. The first-order chi connectivity index (χ1) is 7.79. The van der Waals surface area contributed by atoms with E-state index in [9.17, 15) is 0 Å². The summed E-state index contributed by atoms with van der Waals surface area (Å²) >= 11 is 0. The van der Waals surface area contributed by atoms with Gasteiger partial charge >= 0.3 is 0 Å². The van der Waals surface area contributed by atoms with Crippen molar-refractivity contribution in [3.63, 3.8) is 0 Å². The van der Waals surface area contributed by atoms with Crippen LogP contribution in [0.5, 0.6) is 0 Å². The molecule has 0 saturated heterocycles. The van der Waals surface area contributed by atoms with Gasteiger partial charge in [0.2, 0.25) is 0 Å². The molecule has 0 heteroatoms. The highest BCUT2D eigenvalue weighted by atomic mass is 14.6. The Morgan fingerprint density at radius 1 is 1.12 bits per heavy atom. The summed E-state index contributed by atoms with van der Waals surface area (Å²) in [6, 6.07) is 0. The average molecular weight is 222 g/mol. The van der Waals surface area contributed by atoms with Gasteiger partial charge in [-0.3, -0.25) is 0 Å². The van der Waals surface area contributed by atoms with Gasteiger partial charge < -0.3 is 0 Å². The molecule has 0 aromatic carbocycles. The molecule has 1 rings (SSSR count). The minimum atomic E-state index is 0.698. The van der Waals surface area contributed by atoms with Gasteiger partial charge in [-0.2, -0.15) is 0 Å². The molecule has 0 aromatic rings. The van der Waals surface area contributed by atoms with Crippen LogP contribution >= 0.6 is 0 Å². The fourth-order valence-corrected chi connectivity index (χ4v) is 3.13. The molecule has 0 aromatic heterocycles. The number of unbranched alkanes of at least 4 members (excludes halogenated alkanes) is 4. The Labute approximate surface area is 103 Å². The molecule has 0 bridgehead atoms. The summed E-state index contributed by atoms with van der Waals surface area (Å²) < 4.78 is 0. The summed E-state index contributed by atoms with van der Waals surface area (Å²) in [6.45, 7) is 8.54. The molecule has 0 nitrogen and oxygen atoms in total. The van der Waals surface area contributed by atoms with Crippen molar-refractivity contribution in [2.24, 2.45) is 11.3 Å². The molecule has 0 spiro atoms. The van der Waals surface area contributed by atoms with E-state index in [1.54, 1.807) is 0 Å². The number of hydrogen-bond donors (Lipinski definition) is 0. The zero-order valence-electron chi connectivity index (χ0n) is 11.4. The molecule has 1 aliphatic carbocycles. The fraction of sp³-hybridized carbons (Fsp3) is 0.875. The van der Waals surface area contributed by atoms with Gasteiger partial charge in [0.15, 0.2) is 0 Å². The highest BCUT2D eigenvalue weighted by Gasteiger charge is 2.50. The Hall–Kier alpha value is -0.260. The van der Waals surface area contributed by atoms with E-state index in [1.165, 1.54) is 64.2 Å². The summed E-state index contributed by atoms with van der Waals surface area (Å²) in [4.78, 5) is 0. The van der Waals surface area contributed by atoms with Crippen LogP contribution in [0.2, 0.25) is 0 Å². The van der Waals surface area contributed by atoms with Gasteiger partial charge in [-0.05, 0) is 37.0 Å². The van der Waals surface area contributed by atoms with Gasteiger partial charge in [-0.1, -0.05) is 58.4 Å². The van der Waals surface area contributed by atoms with Crippen LogP contribution in [0, 0.1) is 11.3 Å². The molecular weight excluding hydrogens is 192 g/mol. The maximum Gasteiger partial charge on any atom is -0.0232 e. The topological polar surface area (TPSA) is 0 Å². The SMILES string of the molecule is C=CC[C@@]1(CCCC)C[C@H]1CCCCCC. The van der Waals surface area contributed by atoms with Crippen LogP contribution in [0.1, 0.15) is 78.1 Å². The first kappa shape index (κ1) is 13.8. The minimum absolute atomic E-state index is 0.698. The highest BCUT2D eigenvalue weighted by Crippen LogP contribution is 2.60. The molecule has 0 heterocycles. The molecule has 16 heavy (non-hydrogen) atoms. The summed E-state index contributed by atoms with van der Waals surface area (Å²) in [6.07, 6.45) is 16.3. The largest absolute Gasteiger partial charge is 0.103 e. The van der Waals surface area contributed by atoms with Crippen molar-refractivity contribution < 1.29 is 0 Å². The molecule has 0 aliphatic heterocycles. The summed E-state index contributed by atoms with van der Waals surface area (Å²) in [5.74, 6) is 1.04. The van der Waals surface area contributed by atoms with Crippen LogP contribution in [0.15, 0.2) is 12.7 Å². The first-order valence-corrected chi connectivity index (χ1v) is 7.40. The van der Waals surface area contributed by atoms with Crippen molar-refractivity contribution in [1.29, 1.82) is 0 Å². The van der Waals surface area contributed by atoms with Crippen molar-refractivity contribution >= 4 is 0 Å². The van der Waals surface area contributed by atoms with Crippen LogP contribution in [-0.2, 0) is 0 Å². The van der Waals surface area contributed by atoms with Crippen LogP contribution < -0.4 is 0 Å². The van der Waals surface area contributed by atoms with E-state index in [0.717, 1.165) is 5.92 Å². The average Bonchev–Trinajstić information content (AvgIpc) is 2.96. The van der Waals surface area contributed by atoms with Gasteiger partial charge in [0, 0.05) is 0 Å². The van der Waals surface area contributed by atoms with Gasteiger partial charge in [0.25, 0.3) is 0 Å². The van der Waals surface area contributed by atoms with E-state index in [2.05, 4.69) is 26.5 Å². The lowest BCUT2D eigenvalue weighted by Crippen LogP contribution is -2.03. The lowest BCUT2D eigenvalue weighted by atomic mass is 9.91. The van der Waals surface area contributed by atoms with E-state index >= 15 is 0 Å². The summed E-state index contributed by atoms with van der Waals surface area (Å²) in [5, 5.41) is 0. The van der Waals surface area contributed by atoms with E-state index in [0.29, 0.717) is 5.41 Å². The van der Waals surface area contributed by atoms with Crippen LogP contribution in [0.3, 0.4) is 0 Å². The zero-order valence-corrected chi connectivity index (χ0v) is 11.4. The van der Waals surface area contributed by atoms with E-state index < -0.39 is 0 Å².